The van der Waals surface area contributed by atoms with E-state index < -0.39 is 0 Å². The molecule has 0 radical (unpaired) electrons. The quantitative estimate of drug-likeness (QED) is 0.598. The molecule has 16 heavy (non-hydrogen) atoms. The highest BCUT2D eigenvalue weighted by Crippen LogP contribution is 2.31. The number of hydrogen-bond donors (Lipinski definition) is 2. The molecule has 3 N–H and O–H groups in total. The van der Waals surface area contributed by atoms with E-state index in [-0.39, 0.29) is 0 Å². The molecule has 0 unspecified atom stereocenters. The van der Waals surface area contributed by atoms with Crippen molar-refractivity contribution in [1.29, 1.82) is 0 Å². The van der Waals surface area contributed by atoms with Crippen LogP contribution in [0.2, 0.25) is 0 Å². The summed E-state index contributed by atoms with van der Waals surface area (Å²) in [4.78, 5) is 10.9. The molecule has 0 saturated carbocycles. The van der Waals surface area contributed by atoms with Crippen LogP contribution in [0.3, 0.4) is 0 Å². The fourth-order valence-electron chi connectivity index (χ4n) is 2.21. The van der Waals surface area contributed by atoms with Crippen molar-refractivity contribution in [1.82, 2.24) is 9.97 Å². The van der Waals surface area contributed by atoms with Gasteiger partial charge in [-0.3, -0.25) is 0 Å². The lowest BCUT2D eigenvalue weighted by molar-refractivity contribution is 0.818. The van der Waals surface area contributed by atoms with Gasteiger partial charge in [-0.15, -0.1) is 0 Å². The second-order valence-corrected chi connectivity index (χ2v) is 4.45. The summed E-state index contributed by atoms with van der Waals surface area (Å²) in [5, 5.41) is 0. The summed E-state index contributed by atoms with van der Waals surface area (Å²) in [5.74, 6) is 7.64. The van der Waals surface area contributed by atoms with Crippen LogP contribution in [0, 0.1) is 0 Å². The molecule has 1 fully saturated rings. The molecule has 1 aliphatic heterocycles. The molecule has 2 rings (SSSR count). The summed E-state index contributed by atoms with van der Waals surface area (Å²) < 4.78 is 0. The van der Waals surface area contributed by atoms with Gasteiger partial charge in [-0.25, -0.2) is 15.8 Å². The minimum Gasteiger partial charge on any atom is -0.356 e. The summed E-state index contributed by atoms with van der Waals surface area (Å²) in [7, 11) is 0. The Morgan fingerprint density at radius 3 is 2.56 bits per heavy atom. The molecular formula is C11H19N5. The summed E-state index contributed by atoms with van der Waals surface area (Å²) >= 11 is 0. The summed E-state index contributed by atoms with van der Waals surface area (Å²) in [6.45, 7) is 6.44. The zero-order valence-electron chi connectivity index (χ0n) is 9.90. The number of rotatable bonds is 3. The molecule has 0 atom stereocenters. The highest BCUT2D eigenvalue weighted by atomic mass is 15.3. The van der Waals surface area contributed by atoms with Crippen molar-refractivity contribution < 1.29 is 0 Å². The Labute approximate surface area is 96.0 Å². The lowest BCUT2D eigenvalue weighted by Gasteiger charge is -2.22. The first-order valence-electron chi connectivity index (χ1n) is 5.80. The van der Waals surface area contributed by atoms with Gasteiger partial charge < -0.3 is 10.3 Å². The monoisotopic (exact) mass is 221 g/mol. The molecule has 1 aromatic rings. The first-order valence-corrected chi connectivity index (χ1v) is 5.80. The first kappa shape index (κ1) is 11.1. The van der Waals surface area contributed by atoms with Gasteiger partial charge in [0, 0.05) is 18.7 Å². The summed E-state index contributed by atoms with van der Waals surface area (Å²) in [5.41, 5.74) is 3.78. The van der Waals surface area contributed by atoms with Crippen LogP contribution in [-0.4, -0.2) is 23.1 Å². The molecule has 0 bridgehead atoms. The van der Waals surface area contributed by atoms with Crippen LogP contribution in [0.5, 0.6) is 0 Å². The van der Waals surface area contributed by atoms with Gasteiger partial charge in [0.05, 0.1) is 0 Å². The minimum atomic E-state index is 0.364. The fourth-order valence-corrected chi connectivity index (χ4v) is 2.21. The average Bonchev–Trinajstić information content (AvgIpc) is 2.81. The van der Waals surface area contributed by atoms with Gasteiger partial charge in [0.2, 0.25) is 0 Å². The molecule has 5 heteroatoms. The van der Waals surface area contributed by atoms with Crippen molar-refractivity contribution in [2.75, 3.05) is 23.4 Å². The third-order valence-electron chi connectivity index (χ3n) is 2.98. The molecule has 0 amide bonds. The van der Waals surface area contributed by atoms with E-state index in [1.807, 2.05) is 0 Å². The number of anilines is 2. The van der Waals surface area contributed by atoms with Crippen LogP contribution >= 0.6 is 0 Å². The van der Waals surface area contributed by atoms with Gasteiger partial charge in [-0.05, 0) is 18.8 Å². The normalized spacial score (nSPS) is 15.9. The number of nitrogens with two attached hydrogens (primary N) is 1. The van der Waals surface area contributed by atoms with Gasteiger partial charge in [-0.2, -0.15) is 0 Å². The third-order valence-corrected chi connectivity index (χ3v) is 2.98. The van der Waals surface area contributed by atoms with E-state index in [0.717, 1.165) is 30.3 Å². The van der Waals surface area contributed by atoms with Crippen LogP contribution in [0.1, 0.15) is 38.2 Å². The first-order chi connectivity index (χ1) is 7.74. The average molecular weight is 221 g/mol. The van der Waals surface area contributed by atoms with E-state index in [1.165, 1.54) is 12.8 Å². The topological polar surface area (TPSA) is 67.1 Å². The number of nitrogens with zero attached hydrogens (tertiary/aromatic N) is 3. The van der Waals surface area contributed by atoms with Gasteiger partial charge in [-0.1, -0.05) is 13.8 Å². The Bertz CT molecular complexity index is 357. The second kappa shape index (κ2) is 4.65. The maximum absolute atomic E-state index is 5.50. The largest absolute Gasteiger partial charge is 0.356 e. The molecule has 2 heterocycles. The van der Waals surface area contributed by atoms with E-state index >= 15 is 0 Å². The Hall–Kier alpha value is -1.36. The van der Waals surface area contributed by atoms with Crippen molar-refractivity contribution in [2.45, 2.75) is 32.6 Å². The number of nitrogens with one attached hydrogen (secondary N) is 1. The molecule has 1 aliphatic rings. The SMILES string of the molecule is CC(C)c1c(NN)ncnc1N1CCCC1. The Balaban J connectivity index is 2.42. The third kappa shape index (κ3) is 1.95. The van der Waals surface area contributed by atoms with Crippen molar-refractivity contribution in [3.8, 4) is 0 Å². The molecule has 0 aromatic carbocycles. The van der Waals surface area contributed by atoms with E-state index in [9.17, 15) is 0 Å². The van der Waals surface area contributed by atoms with Crippen molar-refractivity contribution in [3.63, 3.8) is 0 Å². The Morgan fingerprint density at radius 1 is 1.31 bits per heavy atom. The molecular weight excluding hydrogens is 202 g/mol. The highest BCUT2D eigenvalue weighted by molar-refractivity contribution is 5.60. The van der Waals surface area contributed by atoms with E-state index in [1.54, 1.807) is 6.33 Å². The smallest absolute Gasteiger partial charge is 0.148 e. The fraction of sp³-hybridized carbons (Fsp3) is 0.636. The van der Waals surface area contributed by atoms with Crippen LogP contribution < -0.4 is 16.2 Å². The highest BCUT2D eigenvalue weighted by Gasteiger charge is 2.21. The molecule has 0 spiro atoms. The zero-order valence-corrected chi connectivity index (χ0v) is 9.90. The summed E-state index contributed by atoms with van der Waals surface area (Å²) in [6.07, 6.45) is 4.06. The van der Waals surface area contributed by atoms with Gasteiger partial charge >= 0.3 is 0 Å². The predicted molar refractivity (Wildman–Crippen MR) is 65.4 cm³/mol. The van der Waals surface area contributed by atoms with E-state index in [2.05, 4.69) is 34.1 Å². The number of hydrazine groups is 1. The standard InChI is InChI=1S/C11H19N5/c1-8(2)9-10(15-12)13-7-14-11(9)16-5-3-4-6-16/h7-8H,3-6,12H2,1-2H3,(H,13,14,15). The molecule has 0 aliphatic carbocycles. The predicted octanol–water partition coefficient (Wildman–Crippen LogP) is 1.49. The lowest BCUT2D eigenvalue weighted by Crippen LogP contribution is -2.23. The van der Waals surface area contributed by atoms with Crippen molar-refractivity contribution in [3.05, 3.63) is 11.9 Å². The van der Waals surface area contributed by atoms with E-state index in [0.29, 0.717) is 5.92 Å². The second-order valence-electron chi connectivity index (χ2n) is 4.45. The Kier molecular flexibility index (Phi) is 3.24. The number of hydrogen-bond acceptors (Lipinski definition) is 5. The van der Waals surface area contributed by atoms with E-state index in [4.69, 9.17) is 5.84 Å². The zero-order chi connectivity index (χ0) is 11.5. The summed E-state index contributed by atoms with van der Waals surface area (Å²) in [6, 6.07) is 0. The van der Waals surface area contributed by atoms with Gasteiger partial charge in [0.1, 0.15) is 18.0 Å². The van der Waals surface area contributed by atoms with Crippen LogP contribution in [0.4, 0.5) is 11.6 Å². The molecule has 88 valence electrons. The van der Waals surface area contributed by atoms with Crippen LogP contribution in [-0.2, 0) is 0 Å². The van der Waals surface area contributed by atoms with Gasteiger partial charge in [0.15, 0.2) is 0 Å². The number of nitrogen functional groups attached to an aromatic ring is 1. The molecule has 1 saturated heterocycles. The Morgan fingerprint density at radius 2 is 2.00 bits per heavy atom. The van der Waals surface area contributed by atoms with Gasteiger partial charge in [0.25, 0.3) is 0 Å². The minimum absolute atomic E-state index is 0.364. The van der Waals surface area contributed by atoms with Crippen molar-refractivity contribution in [2.24, 2.45) is 5.84 Å². The van der Waals surface area contributed by atoms with Crippen molar-refractivity contribution >= 4 is 11.6 Å². The number of aromatic nitrogens is 2. The maximum Gasteiger partial charge on any atom is 0.148 e. The van der Waals surface area contributed by atoms with Crippen LogP contribution in [0.15, 0.2) is 6.33 Å². The maximum atomic E-state index is 5.50. The molecule has 5 nitrogen and oxygen atoms in total. The molecule has 1 aromatic heterocycles. The van der Waals surface area contributed by atoms with Crippen LogP contribution in [0.25, 0.3) is 0 Å². The lowest BCUT2D eigenvalue weighted by atomic mass is 10.0.